The lowest BCUT2D eigenvalue weighted by atomic mass is 10.0. The highest BCUT2D eigenvalue weighted by Gasteiger charge is 2.09. The summed E-state index contributed by atoms with van der Waals surface area (Å²) in [6.07, 6.45) is 1.37. The monoisotopic (exact) mass is 378 g/mol. The molecular formula is C18H19ClN2O3S. The Kier molecular flexibility index (Phi) is 7.63. The van der Waals surface area contributed by atoms with Crippen LogP contribution in [0.4, 0.5) is 4.79 Å². The van der Waals surface area contributed by atoms with Gasteiger partial charge >= 0.3 is 6.09 Å². The highest BCUT2D eigenvalue weighted by atomic mass is 35.5. The summed E-state index contributed by atoms with van der Waals surface area (Å²) in [5, 5.41) is 4.84. The van der Waals surface area contributed by atoms with Crippen molar-refractivity contribution < 1.29 is 14.3 Å². The molecule has 0 heterocycles. The zero-order chi connectivity index (χ0) is 18.1. The number of carbonyl (C=O) groups is 1. The molecule has 7 heteroatoms. The number of carbonyl (C=O) groups excluding carboxylic acids is 1. The molecule has 5 nitrogen and oxygen atoms in total. The topological polar surface area (TPSA) is 59.9 Å². The van der Waals surface area contributed by atoms with Gasteiger partial charge in [0.15, 0.2) is 0 Å². The van der Waals surface area contributed by atoms with Crippen LogP contribution in [0.1, 0.15) is 18.1 Å². The number of hydrazone groups is 1. The molecule has 0 aliphatic rings. The third kappa shape index (κ3) is 5.99. The molecule has 0 aromatic heterocycles. The van der Waals surface area contributed by atoms with Crippen molar-refractivity contribution in [1.29, 1.82) is 0 Å². The van der Waals surface area contributed by atoms with Crippen LogP contribution in [0.25, 0.3) is 0 Å². The number of hydrogen-bond acceptors (Lipinski definition) is 5. The second-order valence-corrected chi connectivity index (χ2v) is 6.12. The van der Waals surface area contributed by atoms with Crippen LogP contribution in [0, 0.1) is 0 Å². The van der Waals surface area contributed by atoms with E-state index in [1.54, 1.807) is 30.8 Å². The maximum Gasteiger partial charge on any atom is 0.427 e. The first-order valence-corrected chi connectivity index (χ1v) is 9.39. The summed E-state index contributed by atoms with van der Waals surface area (Å²) < 4.78 is 10.4. The first-order valence-electron chi connectivity index (χ1n) is 7.62. The Balaban J connectivity index is 2.28. The van der Waals surface area contributed by atoms with E-state index in [4.69, 9.17) is 21.1 Å². The van der Waals surface area contributed by atoms with Gasteiger partial charge in [-0.3, -0.25) is 0 Å². The third-order valence-corrected chi connectivity index (χ3v) is 3.73. The lowest BCUT2D eigenvalue weighted by Gasteiger charge is -2.10. The number of benzene rings is 2. The zero-order valence-electron chi connectivity index (χ0n) is 14.0. The lowest BCUT2D eigenvalue weighted by molar-refractivity contribution is 0.152. The molecule has 0 unspecified atom stereocenters. The number of hydrogen-bond donors (Lipinski definition) is 1. The standard InChI is InChI=1S/C18H19ClN2O3S/c1-3-23-18(22)21-20-17(13-4-8-15(19)9-5-13)14-6-10-16(11-7-14)24-12-25-2/h4-11H,3,12H2,1-2H3,(H,21,22). The van der Waals surface area contributed by atoms with Crippen molar-refractivity contribution in [2.45, 2.75) is 6.92 Å². The molecule has 2 aromatic carbocycles. The Labute approximate surface area is 156 Å². The molecule has 0 aliphatic heterocycles. The summed E-state index contributed by atoms with van der Waals surface area (Å²) in [6, 6.07) is 14.7. The summed E-state index contributed by atoms with van der Waals surface area (Å²) in [7, 11) is 0. The second kappa shape index (κ2) is 9.96. The van der Waals surface area contributed by atoms with E-state index in [2.05, 4.69) is 10.5 Å². The summed E-state index contributed by atoms with van der Waals surface area (Å²) in [5.41, 5.74) is 4.65. The predicted octanol–water partition coefficient (Wildman–Crippen LogP) is 4.54. The van der Waals surface area contributed by atoms with Crippen LogP contribution in [-0.4, -0.2) is 30.6 Å². The van der Waals surface area contributed by atoms with E-state index in [9.17, 15) is 4.79 Å². The Hall–Kier alpha value is -2.18. The fraction of sp³-hybridized carbons (Fsp3) is 0.222. The van der Waals surface area contributed by atoms with Crippen LogP contribution in [0.15, 0.2) is 53.6 Å². The molecule has 0 fully saturated rings. The van der Waals surface area contributed by atoms with Gasteiger partial charge < -0.3 is 9.47 Å². The van der Waals surface area contributed by atoms with Gasteiger partial charge in [0.1, 0.15) is 11.7 Å². The van der Waals surface area contributed by atoms with Gasteiger partial charge in [0.05, 0.1) is 12.3 Å². The smallest absolute Gasteiger partial charge is 0.427 e. The van der Waals surface area contributed by atoms with Crippen LogP contribution in [0.2, 0.25) is 5.02 Å². The Bertz CT molecular complexity index is 718. The fourth-order valence-electron chi connectivity index (χ4n) is 2.00. The predicted molar refractivity (Wildman–Crippen MR) is 103 cm³/mol. The van der Waals surface area contributed by atoms with Crippen LogP contribution >= 0.6 is 23.4 Å². The van der Waals surface area contributed by atoms with Crippen molar-refractivity contribution in [2.24, 2.45) is 5.10 Å². The van der Waals surface area contributed by atoms with Crippen LogP contribution in [0.5, 0.6) is 5.75 Å². The van der Waals surface area contributed by atoms with Crippen molar-refractivity contribution in [1.82, 2.24) is 5.43 Å². The second-order valence-electron chi connectivity index (χ2n) is 4.87. The molecular weight excluding hydrogens is 360 g/mol. The lowest BCUT2D eigenvalue weighted by Crippen LogP contribution is -2.21. The van der Waals surface area contributed by atoms with E-state index in [0.29, 0.717) is 16.7 Å². The summed E-state index contributed by atoms with van der Waals surface area (Å²) >= 11 is 7.55. The number of halogens is 1. The minimum Gasteiger partial charge on any atom is -0.483 e. The largest absolute Gasteiger partial charge is 0.483 e. The van der Waals surface area contributed by atoms with E-state index in [0.717, 1.165) is 16.9 Å². The van der Waals surface area contributed by atoms with E-state index >= 15 is 0 Å². The number of amides is 1. The molecule has 0 saturated heterocycles. The number of nitrogens with zero attached hydrogens (tertiary/aromatic N) is 1. The van der Waals surface area contributed by atoms with Crippen molar-refractivity contribution in [3.05, 3.63) is 64.7 Å². The molecule has 0 radical (unpaired) electrons. The summed E-state index contributed by atoms with van der Waals surface area (Å²) in [6.45, 7) is 2.01. The highest BCUT2D eigenvalue weighted by molar-refractivity contribution is 7.98. The summed E-state index contributed by atoms with van der Waals surface area (Å²) in [4.78, 5) is 11.6. The SMILES string of the molecule is CCOC(=O)NN=C(c1ccc(Cl)cc1)c1ccc(OCSC)cc1. The molecule has 0 saturated carbocycles. The normalized spacial score (nSPS) is 11.1. The summed E-state index contributed by atoms with van der Waals surface area (Å²) in [5.74, 6) is 1.36. The molecule has 0 bridgehead atoms. The maximum atomic E-state index is 11.6. The maximum absolute atomic E-state index is 11.6. The Morgan fingerprint density at radius 1 is 1.12 bits per heavy atom. The number of thioether (sulfide) groups is 1. The minimum absolute atomic E-state index is 0.277. The van der Waals surface area contributed by atoms with Gasteiger partial charge in [0.25, 0.3) is 0 Å². The van der Waals surface area contributed by atoms with Crippen molar-refractivity contribution in [3.63, 3.8) is 0 Å². The molecule has 0 spiro atoms. The molecule has 132 valence electrons. The van der Waals surface area contributed by atoms with Crippen LogP contribution < -0.4 is 10.2 Å². The molecule has 0 aliphatic carbocycles. The van der Waals surface area contributed by atoms with Crippen molar-refractivity contribution in [2.75, 3.05) is 18.8 Å². The van der Waals surface area contributed by atoms with E-state index < -0.39 is 6.09 Å². The van der Waals surface area contributed by atoms with Gasteiger partial charge in [0, 0.05) is 16.1 Å². The van der Waals surface area contributed by atoms with Crippen molar-refractivity contribution in [3.8, 4) is 5.75 Å². The van der Waals surface area contributed by atoms with E-state index in [-0.39, 0.29) is 6.61 Å². The quantitative estimate of drug-likeness (QED) is 0.436. The number of ether oxygens (including phenoxy) is 2. The Morgan fingerprint density at radius 2 is 1.72 bits per heavy atom. The zero-order valence-corrected chi connectivity index (χ0v) is 15.6. The fourth-order valence-corrected chi connectivity index (χ4v) is 2.38. The van der Waals surface area contributed by atoms with E-state index in [1.807, 2.05) is 42.7 Å². The average molecular weight is 379 g/mol. The van der Waals surface area contributed by atoms with Gasteiger partial charge in [-0.1, -0.05) is 23.7 Å². The molecule has 2 aromatic rings. The molecule has 1 amide bonds. The highest BCUT2D eigenvalue weighted by Crippen LogP contribution is 2.18. The number of rotatable bonds is 7. The van der Waals surface area contributed by atoms with Gasteiger partial charge in [0.2, 0.25) is 0 Å². The first kappa shape index (κ1) is 19.1. The van der Waals surface area contributed by atoms with Gasteiger partial charge in [-0.2, -0.15) is 5.10 Å². The Morgan fingerprint density at radius 3 is 2.28 bits per heavy atom. The van der Waals surface area contributed by atoms with Crippen molar-refractivity contribution >= 4 is 35.2 Å². The molecule has 2 rings (SSSR count). The molecule has 25 heavy (non-hydrogen) atoms. The van der Waals surface area contributed by atoms with Crippen LogP contribution in [-0.2, 0) is 4.74 Å². The number of nitrogens with one attached hydrogen (secondary N) is 1. The van der Waals surface area contributed by atoms with Gasteiger partial charge in [-0.05, 0) is 49.6 Å². The van der Waals surface area contributed by atoms with Gasteiger partial charge in [-0.25, -0.2) is 10.2 Å². The van der Waals surface area contributed by atoms with Crippen LogP contribution in [0.3, 0.4) is 0 Å². The third-order valence-electron chi connectivity index (χ3n) is 3.12. The minimum atomic E-state index is -0.603. The molecule has 1 N–H and O–H groups in total. The average Bonchev–Trinajstić information content (AvgIpc) is 2.63. The first-order chi connectivity index (χ1) is 12.1. The molecule has 0 atom stereocenters. The van der Waals surface area contributed by atoms with Gasteiger partial charge in [-0.15, -0.1) is 11.8 Å². The van der Waals surface area contributed by atoms with E-state index in [1.165, 1.54) is 0 Å².